The van der Waals surface area contributed by atoms with Gasteiger partial charge in [-0.1, -0.05) is 24.3 Å². The van der Waals surface area contributed by atoms with E-state index >= 15 is 0 Å². The number of nitrogens with zero attached hydrogens (tertiary/aromatic N) is 2. The Morgan fingerprint density at radius 2 is 1.30 bits per heavy atom. The molecule has 1 aromatic heterocycles. The van der Waals surface area contributed by atoms with Gasteiger partial charge in [-0.25, -0.2) is 0 Å². The molecule has 0 amide bonds. The smallest absolute Gasteiger partial charge is 0.0701 e. The summed E-state index contributed by atoms with van der Waals surface area (Å²) in [6.45, 7) is 0. The Bertz CT molecular complexity index is 406. The number of aromatic nitrogens is 1. The fourth-order valence-electron chi connectivity index (χ4n) is 1.02. The molecular formula is C9H15Cl3N6O3Pt2-3. The van der Waals surface area contributed by atoms with E-state index in [2.05, 4.69) is 26.5 Å². The Labute approximate surface area is 166 Å². The van der Waals surface area contributed by atoms with Crippen molar-refractivity contribution in [1.82, 2.24) is 4.98 Å². The predicted octanol–water partition coefficient (Wildman–Crippen LogP) is 6.93. The van der Waals surface area contributed by atoms with Crippen molar-refractivity contribution >= 4 is 39.2 Å². The van der Waals surface area contributed by atoms with Gasteiger partial charge in [0.25, 0.3) is 0 Å². The molecule has 0 radical (unpaired) electrons. The van der Waals surface area contributed by atoms with E-state index in [9.17, 15) is 0 Å². The Morgan fingerprint density at radius 3 is 1.70 bits per heavy atom. The fourth-order valence-corrected chi connectivity index (χ4v) is 1.02. The first kappa shape index (κ1) is 38.5. The van der Waals surface area contributed by atoms with Gasteiger partial charge in [-0.05, 0) is 12.1 Å². The molecule has 23 heavy (non-hydrogen) atoms. The number of rotatable bonds is 0. The second kappa shape index (κ2) is 29.9. The predicted molar refractivity (Wildman–Crippen MR) is 90.8 cm³/mol. The SMILES string of the molecule is O=[N+]([O-])[O-].[Cl][Pt+2][Cl].[Cl][Pt].[NH2-].[NH2-].[NH2-].[NH2-].c1ccc2ncccc2c1. The van der Waals surface area contributed by atoms with Crippen LogP contribution in [0, 0.1) is 15.3 Å². The maximum atomic E-state index is 8.25. The molecule has 0 bridgehead atoms. The minimum Gasteiger partial charge on any atom is -0.693 e. The zero-order valence-corrected chi connectivity index (χ0v) is 18.0. The molecule has 1 aromatic carbocycles. The molecule has 0 aliphatic rings. The van der Waals surface area contributed by atoms with Crippen molar-refractivity contribution < 1.29 is 40.3 Å². The first-order valence-corrected chi connectivity index (χ1v) is 12.6. The maximum Gasteiger partial charge on any atom is 0.0701 e. The monoisotopic (exact) mass is 750 g/mol. The van der Waals surface area contributed by atoms with E-state index in [1.165, 1.54) is 5.39 Å². The van der Waals surface area contributed by atoms with Crippen LogP contribution in [0.3, 0.4) is 0 Å². The Kier molecular flexibility index (Phi) is 50.0. The summed E-state index contributed by atoms with van der Waals surface area (Å²) >= 11 is 1.14. The number of nitrogens with two attached hydrogens (primary N) is 4. The van der Waals surface area contributed by atoms with Crippen molar-refractivity contribution in [2.24, 2.45) is 0 Å². The number of hydrogen-bond acceptors (Lipinski definition) is 4. The van der Waals surface area contributed by atoms with Crippen molar-refractivity contribution in [2.45, 2.75) is 0 Å². The van der Waals surface area contributed by atoms with Gasteiger partial charge in [0.2, 0.25) is 0 Å². The van der Waals surface area contributed by atoms with Crippen LogP contribution in [0.25, 0.3) is 35.5 Å². The van der Waals surface area contributed by atoms with Crippen molar-refractivity contribution in [1.29, 1.82) is 0 Å². The molecule has 0 aliphatic heterocycles. The molecule has 0 spiro atoms. The largest absolute Gasteiger partial charge is 0.693 e. The number of hydrogen-bond donors (Lipinski definition) is 0. The van der Waals surface area contributed by atoms with Crippen LogP contribution >= 0.6 is 28.3 Å². The Morgan fingerprint density at radius 1 is 0.957 bits per heavy atom. The average molecular weight is 752 g/mol. The molecule has 2 rings (SSSR count). The van der Waals surface area contributed by atoms with E-state index in [0.29, 0.717) is 0 Å². The minimum absolute atomic E-state index is 0. The number of halogens is 3. The molecule has 0 aliphatic carbocycles. The summed E-state index contributed by atoms with van der Waals surface area (Å²) in [6.07, 6.45) is 1.81. The van der Waals surface area contributed by atoms with E-state index in [0.717, 1.165) is 5.52 Å². The molecule has 0 atom stereocenters. The quantitative estimate of drug-likeness (QED) is 0.207. The number of pyridine rings is 1. The molecule has 9 nitrogen and oxygen atoms in total. The van der Waals surface area contributed by atoms with Crippen molar-refractivity contribution in [2.75, 3.05) is 0 Å². The van der Waals surface area contributed by atoms with Crippen LogP contribution in [0.1, 0.15) is 0 Å². The van der Waals surface area contributed by atoms with E-state index < -0.39 is 21.6 Å². The first-order chi connectivity index (χ1) is 9.11. The van der Waals surface area contributed by atoms with Gasteiger partial charge in [0.1, 0.15) is 0 Å². The van der Waals surface area contributed by atoms with E-state index in [-0.39, 0.29) is 24.6 Å². The van der Waals surface area contributed by atoms with Crippen LogP contribution in [-0.2, 0) is 35.3 Å². The summed E-state index contributed by atoms with van der Waals surface area (Å²) < 4.78 is 0. The van der Waals surface area contributed by atoms with Crippen LogP contribution in [0.15, 0.2) is 42.6 Å². The molecular weight excluding hydrogens is 737 g/mol. The number of para-hydroxylation sites is 1. The van der Waals surface area contributed by atoms with Gasteiger partial charge >= 0.3 is 63.5 Å². The van der Waals surface area contributed by atoms with Crippen LogP contribution in [0.2, 0.25) is 0 Å². The minimum atomic E-state index is -1.75. The van der Waals surface area contributed by atoms with Crippen LogP contribution < -0.4 is 0 Å². The normalized spacial score (nSPS) is 6.65. The Hall–Kier alpha value is -0.0834. The third-order valence-electron chi connectivity index (χ3n) is 1.51. The zero-order chi connectivity index (χ0) is 15.1. The second-order valence-electron chi connectivity index (χ2n) is 2.46. The molecule has 0 saturated heterocycles. The molecule has 14 heteroatoms. The number of benzene rings is 1. The summed E-state index contributed by atoms with van der Waals surface area (Å²) in [5.74, 6) is 0. The third kappa shape index (κ3) is 27.1. The van der Waals surface area contributed by atoms with E-state index in [1.807, 2.05) is 30.5 Å². The molecule has 0 unspecified atom stereocenters. The molecule has 8 N–H and O–H groups in total. The molecule has 0 saturated carbocycles. The van der Waals surface area contributed by atoms with Crippen LogP contribution in [0.4, 0.5) is 0 Å². The van der Waals surface area contributed by atoms with Crippen LogP contribution in [0.5, 0.6) is 0 Å². The Balaban J connectivity index is -0.0000000489. The van der Waals surface area contributed by atoms with E-state index in [1.54, 1.807) is 18.8 Å². The first-order valence-electron chi connectivity index (χ1n) is 4.17. The van der Waals surface area contributed by atoms with E-state index in [4.69, 9.17) is 34.2 Å². The summed E-state index contributed by atoms with van der Waals surface area (Å²) in [5, 5.41) is 15.9. The van der Waals surface area contributed by atoms with Gasteiger partial charge in [0.05, 0.1) is 10.6 Å². The molecule has 1 heterocycles. The number of fused-ring (bicyclic) bond motifs is 1. The second-order valence-corrected chi connectivity index (χ2v) is 5.75. The van der Waals surface area contributed by atoms with Gasteiger partial charge in [-0.2, -0.15) is 0 Å². The van der Waals surface area contributed by atoms with Crippen molar-refractivity contribution in [3.63, 3.8) is 0 Å². The van der Waals surface area contributed by atoms with Crippen molar-refractivity contribution in [3.8, 4) is 0 Å². The standard InChI is InChI=1S/C9H7N.3ClH.NO3.4H2N.2Pt/c1-2-6-9-8(4-1)5-3-7-10-9;;;;2-1(3)4;;;;;;/h1-7H;3*1H;;4*1H2;;/q;;;;5*-1;+1;+4/p-3. The van der Waals surface area contributed by atoms with Gasteiger partial charge in [-0.15, -0.1) is 0 Å². The summed E-state index contributed by atoms with van der Waals surface area (Å²) in [4.78, 5) is 12.4. The summed E-state index contributed by atoms with van der Waals surface area (Å²) in [7, 11) is 14.4. The van der Waals surface area contributed by atoms with Crippen molar-refractivity contribution in [3.05, 3.63) is 82.5 Å². The van der Waals surface area contributed by atoms with Gasteiger partial charge < -0.3 is 39.9 Å². The zero-order valence-electron chi connectivity index (χ0n) is 11.2. The third-order valence-corrected chi connectivity index (χ3v) is 1.51. The average Bonchev–Trinajstić information content (AvgIpc) is 2.41. The summed E-state index contributed by atoms with van der Waals surface area (Å²) in [5.41, 5.74) is 1.06. The van der Waals surface area contributed by atoms with Gasteiger partial charge in [0, 0.05) is 11.6 Å². The van der Waals surface area contributed by atoms with Gasteiger partial charge in [0.15, 0.2) is 0 Å². The van der Waals surface area contributed by atoms with Crippen LogP contribution in [-0.4, -0.2) is 10.1 Å². The maximum absolute atomic E-state index is 8.25. The molecule has 2 aromatic rings. The topological polar surface area (TPSA) is 213 Å². The molecule has 143 valence electrons. The fraction of sp³-hybridized carbons (Fsp3) is 0. The molecule has 0 fully saturated rings. The summed E-state index contributed by atoms with van der Waals surface area (Å²) in [6, 6.07) is 12.1. The van der Waals surface area contributed by atoms with Gasteiger partial charge in [-0.3, -0.25) is 4.98 Å².